The van der Waals surface area contributed by atoms with E-state index in [9.17, 15) is 4.39 Å². The molecule has 5 rings (SSSR count). The van der Waals surface area contributed by atoms with Gasteiger partial charge in [0.15, 0.2) is 0 Å². The number of ether oxygens (including phenoxy) is 1. The Morgan fingerprint density at radius 3 is 2.90 bits per heavy atom. The van der Waals surface area contributed by atoms with Crippen LogP contribution >= 0.6 is 0 Å². The quantitative estimate of drug-likeness (QED) is 0.202. The SMILES string of the molecule is C=C/C(=C\C=C(/C)C1=C(c2ccc3nnn(C)c3c2)CCCc2cc(N)ccc21)O[C@H]1CCN(CCCF)C1. The van der Waals surface area contributed by atoms with Crippen LogP contribution in [-0.4, -0.2) is 52.3 Å². The summed E-state index contributed by atoms with van der Waals surface area (Å²) >= 11 is 0. The number of halogens is 1. The number of nitrogens with two attached hydrogens (primary N) is 1. The number of hydrogen-bond donors (Lipinski definition) is 1. The number of fused-ring (bicyclic) bond motifs is 2. The highest BCUT2D eigenvalue weighted by atomic mass is 19.1. The molecule has 0 bridgehead atoms. The molecule has 39 heavy (non-hydrogen) atoms. The van der Waals surface area contributed by atoms with E-state index in [0.29, 0.717) is 6.42 Å². The third-order valence-electron chi connectivity index (χ3n) is 7.77. The molecule has 1 aliphatic carbocycles. The third-order valence-corrected chi connectivity index (χ3v) is 7.77. The molecule has 204 valence electrons. The van der Waals surface area contributed by atoms with E-state index in [1.807, 2.05) is 23.9 Å². The molecule has 0 spiro atoms. The molecule has 2 heterocycles. The van der Waals surface area contributed by atoms with Crippen molar-refractivity contribution in [1.29, 1.82) is 0 Å². The van der Waals surface area contributed by atoms with Gasteiger partial charge in [0, 0.05) is 32.4 Å². The number of benzene rings is 2. The lowest BCUT2D eigenvalue weighted by atomic mass is 9.87. The highest BCUT2D eigenvalue weighted by Gasteiger charge is 2.24. The zero-order valence-corrected chi connectivity index (χ0v) is 23.0. The Bertz CT molecular complexity index is 1450. The summed E-state index contributed by atoms with van der Waals surface area (Å²) in [5, 5.41) is 8.46. The van der Waals surface area contributed by atoms with Gasteiger partial charge in [-0.3, -0.25) is 9.29 Å². The fraction of sp³-hybridized carbons (Fsp3) is 0.375. The van der Waals surface area contributed by atoms with Crippen molar-refractivity contribution in [2.45, 2.75) is 45.1 Å². The molecular weight excluding hydrogens is 489 g/mol. The van der Waals surface area contributed by atoms with Crippen molar-refractivity contribution in [3.8, 4) is 0 Å². The minimum absolute atomic E-state index is 0.0955. The maximum Gasteiger partial charge on any atom is 0.119 e. The summed E-state index contributed by atoms with van der Waals surface area (Å²) in [4.78, 5) is 2.27. The summed E-state index contributed by atoms with van der Waals surface area (Å²) in [6.07, 6.45) is 10.5. The normalized spacial score (nSPS) is 18.9. The topological polar surface area (TPSA) is 69.2 Å². The number of hydrogen-bond acceptors (Lipinski definition) is 5. The van der Waals surface area contributed by atoms with Gasteiger partial charge in [0.1, 0.15) is 17.4 Å². The number of allylic oxidation sites excluding steroid dienone is 6. The van der Waals surface area contributed by atoms with Gasteiger partial charge in [0.2, 0.25) is 0 Å². The van der Waals surface area contributed by atoms with Crippen LogP contribution < -0.4 is 5.73 Å². The van der Waals surface area contributed by atoms with Crippen LogP contribution in [-0.2, 0) is 18.2 Å². The van der Waals surface area contributed by atoms with Crippen LogP contribution in [0, 0.1) is 0 Å². The molecule has 2 N–H and O–H groups in total. The summed E-state index contributed by atoms with van der Waals surface area (Å²) in [6.45, 7) is 8.43. The molecule has 0 radical (unpaired) electrons. The Morgan fingerprint density at radius 1 is 1.21 bits per heavy atom. The standard InChI is InChI=1S/C32H38FN5O/c1-4-26(39-27-15-18-38(21-27)17-6-16-33)12-9-22(2)32-28(8-5-7-23-19-25(34)11-13-29(23)32)24-10-14-30-31(20-24)37(3)36-35-30/h4,9-14,19-20,27H,1,5-8,15-18,21,34H2,2-3H3/b22-9+,26-12+/t27-/m0/s1. The molecule has 2 aliphatic rings. The largest absolute Gasteiger partial charge is 0.489 e. The van der Waals surface area contributed by atoms with Crippen molar-refractivity contribution in [3.05, 3.63) is 89.2 Å². The van der Waals surface area contributed by atoms with E-state index < -0.39 is 0 Å². The predicted molar refractivity (Wildman–Crippen MR) is 158 cm³/mol. The Kier molecular flexibility index (Phi) is 8.27. The first-order valence-corrected chi connectivity index (χ1v) is 13.8. The van der Waals surface area contributed by atoms with Gasteiger partial charge in [0.05, 0.1) is 12.2 Å². The highest BCUT2D eigenvalue weighted by molar-refractivity contribution is 6.00. The van der Waals surface area contributed by atoms with Crippen LogP contribution in [0.4, 0.5) is 10.1 Å². The van der Waals surface area contributed by atoms with Gasteiger partial charge >= 0.3 is 0 Å². The van der Waals surface area contributed by atoms with Crippen LogP contribution in [0.15, 0.2) is 72.5 Å². The van der Waals surface area contributed by atoms with Gasteiger partial charge in [-0.25, -0.2) is 4.68 Å². The zero-order chi connectivity index (χ0) is 27.4. The number of alkyl halides is 1. The van der Waals surface area contributed by atoms with Gasteiger partial charge in [0.25, 0.3) is 0 Å². The van der Waals surface area contributed by atoms with Crippen molar-refractivity contribution >= 4 is 27.9 Å². The van der Waals surface area contributed by atoms with Crippen LogP contribution in [0.5, 0.6) is 0 Å². The molecule has 0 amide bonds. The monoisotopic (exact) mass is 527 g/mol. The highest BCUT2D eigenvalue weighted by Crippen LogP contribution is 2.41. The summed E-state index contributed by atoms with van der Waals surface area (Å²) in [6, 6.07) is 12.7. The average Bonchev–Trinajstić information content (AvgIpc) is 3.49. The Morgan fingerprint density at radius 2 is 2.08 bits per heavy atom. The molecule has 1 fully saturated rings. The number of aromatic nitrogens is 3. The van der Waals surface area contributed by atoms with Gasteiger partial charge in [-0.05, 0) is 109 Å². The fourth-order valence-corrected chi connectivity index (χ4v) is 5.78. The van der Waals surface area contributed by atoms with Crippen molar-refractivity contribution in [2.24, 2.45) is 7.05 Å². The number of aryl methyl sites for hydroxylation is 2. The van der Waals surface area contributed by atoms with E-state index in [4.69, 9.17) is 10.5 Å². The molecule has 6 nitrogen and oxygen atoms in total. The zero-order valence-electron chi connectivity index (χ0n) is 23.0. The van der Waals surface area contributed by atoms with E-state index in [0.717, 1.165) is 73.4 Å². The molecule has 7 heteroatoms. The van der Waals surface area contributed by atoms with Crippen LogP contribution in [0.25, 0.3) is 22.2 Å². The summed E-state index contributed by atoms with van der Waals surface area (Å²) < 4.78 is 20.7. The molecule has 3 aromatic rings. The maximum absolute atomic E-state index is 12.6. The van der Waals surface area contributed by atoms with Crippen LogP contribution in [0.2, 0.25) is 0 Å². The second-order valence-corrected chi connectivity index (χ2v) is 10.5. The molecule has 1 aliphatic heterocycles. The van der Waals surface area contributed by atoms with E-state index in [2.05, 4.69) is 65.1 Å². The molecule has 1 aromatic heterocycles. The average molecular weight is 528 g/mol. The van der Waals surface area contributed by atoms with Gasteiger partial charge in [-0.1, -0.05) is 30.0 Å². The first-order valence-electron chi connectivity index (χ1n) is 13.8. The summed E-state index contributed by atoms with van der Waals surface area (Å²) in [5.74, 6) is 0.752. The maximum atomic E-state index is 12.6. The summed E-state index contributed by atoms with van der Waals surface area (Å²) in [5.41, 5.74) is 16.3. The first-order chi connectivity index (χ1) is 19.0. The second kappa shape index (κ2) is 12.0. The molecule has 1 atom stereocenters. The summed E-state index contributed by atoms with van der Waals surface area (Å²) in [7, 11) is 1.93. The van der Waals surface area contributed by atoms with Gasteiger partial charge in [-0.2, -0.15) is 0 Å². The minimum atomic E-state index is -0.274. The van der Waals surface area contributed by atoms with Gasteiger partial charge < -0.3 is 10.5 Å². The van der Waals surface area contributed by atoms with Crippen LogP contribution in [0.1, 0.15) is 49.3 Å². The predicted octanol–water partition coefficient (Wildman–Crippen LogP) is 6.26. The third kappa shape index (κ3) is 5.98. The minimum Gasteiger partial charge on any atom is -0.489 e. The van der Waals surface area contributed by atoms with Crippen molar-refractivity contribution < 1.29 is 9.13 Å². The fourth-order valence-electron chi connectivity index (χ4n) is 5.78. The number of nitrogens with zero attached hydrogens (tertiary/aromatic N) is 4. The number of rotatable bonds is 9. The number of nitrogen functional groups attached to an aromatic ring is 1. The Balaban J connectivity index is 1.51. The molecular formula is C32H38FN5O. The smallest absolute Gasteiger partial charge is 0.119 e. The van der Waals surface area contributed by atoms with Crippen molar-refractivity contribution in [3.63, 3.8) is 0 Å². The molecule has 0 unspecified atom stereocenters. The molecule has 2 aromatic carbocycles. The molecule has 0 saturated carbocycles. The van der Waals surface area contributed by atoms with E-state index >= 15 is 0 Å². The lowest BCUT2D eigenvalue weighted by Gasteiger charge is -2.18. The van der Waals surface area contributed by atoms with E-state index in [-0.39, 0.29) is 12.8 Å². The Hall–Kier alpha value is -3.71. The lowest BCUT2D eigenvalue weighted by Crippen LogP contribution is -2.24. The molecule has 1 saturated heterocycles. The lowest BCUT2D eigenvalue weighted by molar-refractivity contribution is 0.129. The van der Waals surface area contributed by atoms with Crippen molar-refractivity contribution in [2.75, 3.05) is 32.0 Å². The van der Waals surface area contributed by atoms with Crippen molar-refractivity contribution in [1.82, 2.24) is 19.9 Å². The van der Waals surface area contributed by atoms with Gasteiger partial charge in [-0.15, -0.1) is 5.10 Å². The number of anilines is 1. The van der Waals surface area contributed by atoms with Crippen LogP contribution in [0.3, 0.4) is 0 Å². The second-order valence-electron chi connectivity index (χ2n) is 10.5. The first kappa shape index (κ1) is 26.9. The Labute approximate surface area is 230 Å². The van der Waals surface area contributed by atoms with E-state index in [1.54, 1.807) is 6.08 Å². The number of likely N-dealkylation sites (tertiary alicyclic amines) is 1. The van der Waals surface area contributed by atoms with E-state index in [1.165, 1.54) is 27.8 Å².